The molecule has 0 aliphatic carbocycles. The highest BCUT2D eigenvalue weighted by Gasteiger charge is 2.17. The van der Waals surface area contributed by atoms with Crippen LogP contribution in [0.1, 0.15) is 43.4 Å². The molecule has 0 atom stereocenters. The van der Waals surface area contributed by atoms with Crippen LogP contribution in [-0.4, -0.2) is 49.3 Å². The molecule has 3 aromatic carbocycles. The topological polar surface area (TPSA) is 85.3 Å². The molecule has 0 radical (unpaired) electrons. The molecule has 3 rings (SSSR count). The van der Waals surface area contributed by atoms with Crippen LogP contribution in [0.15, 0.2) is 60.7 Å². The lowest BCUT2D eigenvalue weighted by atomic mass is 9.98. The number of hydrogen-bond donors (Lipinski definition) is 1. The maximum absolute atomic E-state index is 12.8. The van der Waals surface area contributed by atoms with Gasteiger partial charge < -0.3 is 24.2 Å². The molecule has 0 aliphatic rings. The normalized spacial score (nSPS) is 10.6. The van der Waals surface area contributed by atoms with E-state index in [1.807, 2.05) is 75.5 Å². The fourth-order valence-corrected chi connectivity index (χ4v) is 4.31. The van der Waals surface area contributed by atoms with Crippen molar-refractivity contribution in [1.82, 2.24) is 4.90 Å². The molecule has 0 aliphatic heterocycles. The first-order valence-corrected chi connectivity index (χ1v) is 12.9. The lowest BCUT2D eigenvalue weighted by Gasteiger charge is -2.19. The summed E-state index contributed by atoms with van der Waals surface area (Å²) in [5.74, 6) is 1.25. The predicted molar refractivity (Wildman–Crippen MR) is 148 cm³/mol. The van der Waals surface area contributed by atoms with Gasteiger partial charge in [-0.3, -0.25) is 9.59 Å². The minimum absolute atomic E-state index is 0.00679. The molecular weight excluding hydrogens is 482 g/mol. The average molecular weight is 520 g/mol. The van der Waals surface area contributed by atoms with Crippen molar-refractivity contribution in [1.29, 1.82) is 0 Å². The number of nitrogens with zero attached hydrogens (tertiary/aromatic N) is 1. The van der Waals surface area contributed by atoms with Crippen LogP contribution in [0.4, 0.5) is 0 Å². The third kappa shape index (κ3) is 8.00. The van der Waals surface area contributed by atoms with Crippen molar-refractivity contribution >= 4 is 11.9 Å². The van der Waals surface area contributed by atoms with E-state index in [2.05, 4.69) is 6.07 Å². The van der Waals surface area contributed by atoms with Gasteiger partial charge in [0.1, 0.15) is 17.2 Å². The molecule has 202 valence electrons. The molecule has 0 saturated heterocycles. The van der Waals surface area contributed by atoms with Gasteiger partial charge in [-0.1, -0.05) is 30.3 Å². The van der Waals surface area contributed by atoms with Gasteiger partial charge >= 0.3 is 5.97 Å². The number of benzene rings is 3. The summed E-state index contributed by atoms with van der Waals surface area (Å²) >= 11 is 0. The first-order valence-electron chi connectivity index (χ1n) is 12.9. The maximum Gasteiger partial charge on any atom is 0.303 e. The Morgan fingerprint density at radius 1 is 0.816 bits per heavy atom. The molecule has 38 heavy (non-hydrogen) atoms. The second kappa shape index (κ2) is 14.1. The number of aryl methyl sites for hydroxylation is 1. The minimum Gasteiger partial charge on any atom is -0.497 e. The molecule has 7 heteroatoms. The fourth-order valence-electron chi connectivity index (χ4n) is 4.31. The number of aliphatic carboxylic acids is 1. The molecule has 0 heterocycles. The Morgan fingerprint density at radius 2 is 1.47 bits per heavy atom. The lowest BCUT2D eigenvalue weighted by molar-refractivity contribution is -0.137. The van der Waals surface area contributed by atoms with Gasteiger partial charge in [-0.15, -0.1) is 0 Å². The summed E-state index contributed by atoms with van der Waals surface area (Å²) in [4.78, 5) is 25.8. The summed E-state index contributed by atoms with van der Waals surface area (Å²) in [6, 6.07) is 19.7. The summed E-state index contributed by atoms with van der Waals surface area (Å²) in [5, 5.41) is 9.19. The average Bonchev–Trinajstić information content (AvgIpc) is 2.91. The van der Waals surface area contributed by atoms with Crippen molar-refractivity contribution in [3.8, 4) is 28.4 Å². The van der Waals surface area contributed by atoms with E-state index < -0.39 is 5.97 Å². The second-order valence-corrected chi connectivity index (χ2v) is 9.01. The number of carboxylic acid groups (broad SMARTS) is 1. The monoisotopic (exact) mass is 519 g/mol. The van der Waals surface area contributed by atoms with Crippen LogP contribution in [0, 0.1) is 0 Å². The Kier molecular flexibility index (Phi) is 10.6. The molecule has 0 aromatic heterocycles. The Hall–Kier alpha value is -4.00. The number of ether oxygens (including phenoxy) is 3. The van der Waals surface area contributed by atoms with Gasteiger partial charge in [0, 0.05) is 32.0 Å². The highest BCUT2D eigenvalue weighted by atomic mass is 16.5. The van der Waals surface area contributed by atoms with E-state index >= 15 is 0 Å². The predicted octanol–water partition coefficient (Wildman–Crippen LogP) is 5.77. The van der Waals surface area contributed by atoms with Gasteiger partial charge in [0.15, 0.2) is 0 Å². The number of rotatable bonds is 14. The lowest BCUT2D eigenvalue weighted by Crippen LogP contribution is -2.26. The van der Waals surface area contributed by atoms with Gasteiger partial charge in [-0.25, -0.2) is 0 Å². The zero-order valence-electron chi connectivity index (χ0n) is 22.7. The molecule has 7 nitrogen and oxygen atoms in total. The van der Waals surface area contributed by atoms with Gasteiger partial charge in [-0.2, -0.15) is 0 Å². The van der Waals surface area contributed by atoms with E-state index in [0.29, 0.717) is 50.5 Å². The van der Waals surface area contributed by atoms with Gasteiger partial charge in [0.2, 0.25) is 5.91 Å². The van der Waals surface area contributed by atoms with Crippen molar-refractivity contribution < 1.29 is 28.9 Å². The third-order valence-electron chi connectivity index (χ3n) is 6.22. The number of methoxy groups -OCH3 is 1. The van der Waals surface area contributed by atoms with Gasteiger partial charge in [-0.05, 0) is 79.3 Å². The van der Waals surface area contributed by atoms with Gasteiger partial charge in [0.05, 0.1) is 20.3 Å². The Morgan fingerprint density at radius 3 is 2.11 bits per heavy atom. The van der Waals surface area contributed by atoms with Crippen LogP contribution in [0.2, 0.25) is 0 Å². The van der Waals surface area contributed by atoms with E-state index in [1.165, 1.54) is 0 Å². The van der Waals surface area contributed by atoms with Crippen LogP contribution in [0.25, 0.3) is 11.1 Å². The third-order valence-corrected chi connectivity index (χ3v) is 6.22. The van der Waals surface area contributed by atoms with E-state index in [4.69, 9.17) is 14.2 Å². The molecule has 1 amide bonds. The Labute approximate surface area is 225 Å². The molecule has 1 N–H and O–H groups in total. The van der Waals surface area contributed by atoms with Gasteiger partial charge in [0.25, 0.3) is 0 Å². The first kappa shape index (κ1) is 28.6. The second-order valence-electron chi connectivity index (χ2n) is 9.01. The van der Waals surface area contributed by atoms with Crippen LogP contribution >= 0.6 is 0 Å². The number of carboxylic acids is 1. The smallest absolute Gasteiger partial charge is 0.303 e. The van der Waals surface area contributed by atoms with Crippen molar-refractivity contribution in [2.75, 3.05) is 27.4 Å². The fraction of sp³-hybridized carbons (Fsp3) is 0.355. The number of hydrogen-bond acceptors (Lipinski definition) is 5. The van der Waals surface area contributed by atoms with E-state index in [9.17, 15) is 14.7 Å². The minimum atomic E-state index is -0.867. The molecule has 0 unspecified atom stereocenters. The summed E-state index contributed by atoms with van der Waals surface area (Å²) in [5.41, 5.74) is 4.70. The standard InChI is InChI=1S/C31H37NO6/c1-5-37-28-19-25(20-29(38-6-2)27(28)14-16-31(34)35)24-11-7-10-23(17-24)21-32(3)30(33)15-13-22-9-8-12-26(18-22)36-4/h7-12,17-20H,5-6,13-16,21H2,1-4H3,(H,34,35). The molecule has 0 bridgehead atoms. The maximum atomic E-state index is 12.8. The Bertz CT molecular complexity index is 1210. The van der Waals surface area contributed by atoms with E-state index in [1.54, 1.807) is 12.0 Å². The zero-order chi connectivity index (χ0) is 27.5. The number of carbonyl (C=O) groups is 2. The van der Waals surface area contributed by atoms with Crippen LogP contribution in [0.3, 0.4) is 0 Å². The van der Waals surface area contributed by atoms with Crippen LogP contribution in [-0.2, 0) is 29.0 Å². The highest BCUT2D eigenvalue weighted by Crippen LogP contribution is 2.36. The van der Waals surface area contributed by atoms with Crippen molar-refractivity contribution in [3.05, 3.63) is 77.4 Å². The van der Waals surface area contributed by atoms with Crippen molar-refractivity contribution in [2.24, 2.45) is 0 Å². The number of amides is 1. The highest BCUT2D eigenvalue weighted by molar-refractivity contribution is 5.76. The SMILES string of the molecule is CCOc1cc(-c2cccc(CN(C)C(=O)CCc3cccc(OC)c3)c2)cc(OCC)c1CCC(=O)O. The summed E-state index contributed by atoms with van der Waals surface area (Å²) in [6.45, 7) is 5.19. The van der Waals surface area contributed by atoms with Crippen LogP contribution in [0.5, 0.6) is 17.2 Å². The molecular formula is C31H37NO6. The molecule has 0 fully saturated rings. The van der Waals surface area contributed by atoms with Crippen molar-refractivity contribution in [3.63, 3.8) is 0 Å². The van der Waals surface area contributed by atoms with Crippen LogP contribution < -0.4 is 14.2 Å². The first-order chi connectivity index (χ1) is 18.3. The number of carbonyl (C=O) groups excluding carboxylic acids is 1. The van der Waals surface area contributed by atoms with E-state index in [-0.39, 0.29) is 12.3 Å². The molecule has 0 saturated carbocycles. The Balaban J connectivity index is 1.77. The zero-order valence-corrected chi connectivity index (χ0v) is 22.7. The summed E-state index contributed by atoms with van der Waals surface area (Å²) in [6.07, 6.45) is 1.38. The summed E-state index contributed by atoms with van der Waals surface area (Å²) in [7, 11) is 3.45. The largest absolute Gasteiger partial charge is 0.497 e. The van der Waals surface area contributed by atoms with Crippen molar-refractivity contribution in [2.45, 2.75) is 46.1 Å². The van der Waals surface area contributed by atoms with E-state index in [0.717, 1.165) is 33.6 Å². The summed E-state index contributed by atoms with van der Waals surface area (Å²) < 4.78 is 17.0. The quantitative estimate of drug-likeness (QED) is 0.291. The molecule has 0 spiro atoms. The molecule has 3 aromatic rings.